The molecule has 0 amide bonds. The van der Waals surface area contributed by atoms with Gasteiger partial charge in [-0.25, -0.2) is 0 Å². The SMILES string of the molecule is COCCNC[C@H](CC(=O)O)Nc1ccc(C#N)c(Cl)c1.Cl. The van der Waals surface area contributed by atoms with Gasteiger partial charge in [-0.15, -0.1) is 12.4 Å². The number of hydrogen-bond acceptors (Lipinski definition) is 5. The molecule has 1 aromatic rings. The van der Waals surface area contributed by atoms with Crippen LogP contribution in [0, 0.1) is 11.3 Å². The Kier molecular flexibility index (Phi) is 10.3. The average Bonchev–Trinajstić information content (AvgIpc) is 2.43. The average molecular weight is 348 g/mol. The molecule has 6 nitrogen and oxygen atoms in total. The normalized spacial score (nSPS) is 11.1. The molecule has 0 aliphatic rings. The van der Waals surface area contributed by atoms with E-state index in [0.717, 1.165) is 0 Å². The van der Waals surface area contributed by atoms with Gasteiger partial charge in [-0.1, -0.05) is 11.6 Å². The fourth-order valence-corrected chi connectivity index (χ4v) is 1.99. The minimum atomic E-state index is -0.888. The number of nitrogens with one attached hydrogen (secondary N) is 2. The molecule has 1 atom stereocenters. The summed E-state index contributed by atoms with van der Waals surface area (Å²) in [7, 11) is 1.60. The quantitative estimate of drug-likeness (QED) is 0.592. The van der Waals surface area contributed by atoms with Gasteiger partial charge in [0.25, 0.3) is 0 Å². The molecule has 122 valence electrons. The van der Waals surface area contributed by atoms with E-state index in [2.05, 4.69) is 10.6 Å². The predicted molar refractivity (Wildman–Crippen MR) is 87.8 cm³/mol. The van der Waals surface area contributed by atoms with Crippen molar-refractivity contribution in [2.45, 2.75) is 12.5 Å². The van der Waals surface area contributed by atoms with E-state index in [-0.39, 0.29) is 24.9 Å². The number of anilines is 1. The zero-order chi connectivity index (χ0) is 15.7. The van der Waals surface area contributed by atoms with Crippen LogP contribution in [0.4, 0.5) is 5.69 Å². The molecule has 3 N–H and O–H groups in total. The maximum atomic E-state index is 10.9. The summed E-state index contributed by atoms with van der Waals surface area (Å²) in [5, 5.41) is 24.3. The highest BCUT2D eigenvalue weighted by atomic mass is 35.5. The first-order valence-corrected chi connectivity index (χ1v) is 6.82. The fraction of sp³-hybridized carbons (Fsp3) is 0.429. The topological polar surface area (TPSA) is 94.4 Å². The predicted octanol–water partition coefficient (Wildman–Crippen LogP) is 2.12. The molecule has 0 aliphatic carbocycles. The van der Waals surface area contributed by atoms with Crippen molar-refractivity contribution in [2.24, 2.45) is 0 Å². The van der Waals surface area contributed by atoms with Crippen LogP contribution in [0.1, 0.15) is 12.0 Å². The number of hydrogen-bond donors (Lipinski definition) is 3. The van der Waals surface area contributed by atoms with Gasteiger partial charge in [-0.2, -0.15) is 5.26 Å². The zero-order valence-corrected chi connectivity index (χ0v) is 13.7. The van der Waals surface area contributed by atoms with Crippen LogP contribution < -0.4 is 10.6 Å². The van der Waals surface area contributed by atoms with Gasteiger partial charge in [0.2, 0.25) is 0 Å². The van der Waals surface area contributed by atoms with E-state index in [1.165, 1.54) is 0 Å². The van der Waals surface area contributed by atoms with Gasteiger partial charge in [0, 0.05) is 31.9 Å². The van der Waals surface area contributed by atoms with E-state index in [0.29, 0.717) is 36.0 Å². The molecular weight excluding hydrogens is 329 g/mol. The lowest BCUT2D eigenvalue weighted by Crippen LogP contribution is -2.36. The lowest BCUT2D eigenvalue weighted by molar-refractivity contribution is -0.137. The van der Waals surface area contributed by atoms with E-state index in [1.54, 1.807) is 25.3 Å². The van der Waals surface area contributed by atoms with Gasteiger partial charge in [0.1, 0.15) is 6.07 Å². The highest BCUT2D eigenvalue weighted by Gasteiger charge is 2.13. The van der Waals surface area contributed by atoms with Crippen molar-refractivity contribution in [1.29, 1.82) is 5.26 Å². The van der Waals surface area contributed by atoms with Crippen LogP contribution in [0.5, 0.6) is 0 Å². The smallest absolute Gasteiger partial charge is 0.305 e. The molecule has 0 saturated heterocycles. The maximum absolute atomic E-state index is 10.9. The summed E-state index contributed by atoms with van der Waals surface area (Å²) in [5.41, 5.74) is 1.06. The standard InChI is InChI=1S/C14H18ClN3O3.ClH/c1-21-5-4-17-9-12(7-14(19)20)18-11-3-2-10(8-16)13(15)6-11;/h2-3,6,12,17-18H,4-5,7,9H2,1H3,(H,19,20);1H/t12-;/m0./s1. The third-order valence-electron chi connectivity index (χ3n) is 2.76. The van der Waals surface area contributed by atoms with Gasteiger partial charge in [-0.3, -0.25) is 4.79 Å². The Balaban J connectivity index is 0.00000441. The number of methoxy groups -OCH3 is 1. The van der Waals surface area contributed by atoms with Crippen molar-refractivity contribution in [3.05, 3.63) is 28.8 Å². The number of carboxylic acid groups (broad SMARTS) is 1. The van der Waals surface area contributed by atoms with Gasteiger partial charge < -0.3 is 20.5 Å². The summed E-state index contributed by atoms with van der Waals surface area (Å²) in [5.74, 6) is -0.888. The fourth-order valence-electron chi connectivity index (χ4n) is 1.77. The molecule has 0 radical (unpaired) electrons. The number of nitrogens with zero attached hydrogens (tertiary/aromatic N) is 1. The van der Waals surface area contributed by atoms with Crippen LogP contribution in [-0.2, 0) is 9.53 Å². The van der Waals surface area contributed by atoms with Gasteiger partial charge in [-0.05, 0) is 18.2 Å². The number of rotatable bonds is 9. The number of halogens is 2. The highest BCUT2D eigenvalue weighted by molar-refractivity contribution is 6.32. The molecule has 1 rings (SSSR count). The van der Waals surface area contributed by atoms with Crippen molar-refractivity contribution >= 4 is 35.7 Å². The first-order chi connectivity index (χ1) is 10.1. The number of benzene rings is 1. The van der Waals surface area contributed by atoms with Gasteiger partial charge in [0.05, 0.1) is 23.6 Å². The second kappa shape index (κ2) is 11.1. The van der Waals surface area contributed by atoms with E-state index >= 15 is 0 Å². The molecule has 0 aromatic heterocycles. The Morgan fingerprint density at radius 2 is 2.27 bits per heavy atom. The molecule has 0 spiro atoms. The summed E-state index contributed by atoms with van der Waals surface area (Å²) >= 11 is 5.95. The Hall–Kier alpha value is -1.52. The van der Waals surface area contributed by atoms with Crippen molar-refractivity contribution in [1.82, 2.24) is 5.32 Å². The molecule has 8 heteroatoms. The number of aliphatic carboxylic acids is 1. The van der Waals surface area contributed by atoms with Crippen LogP contribution in [0.2, 0.25) is 5.02 Å². The van der Waals surface area contributed by atoms with Gasteiger partial charge >= 0.3 is 5.97 Å². The lowest BCUT2D eigenvalue weighted by Gasteiger charge is -2.19. The minimum absolute atomic E-state index is 0. The Labute approximate surface area is 140 Å². The first kappa shape index (κ1) is 20.5. The summed E-state index contributed by atoms with van der Waals surface area (Å²) in [6, 6.07) is 6.60. The molecule has 0 unspecified atom stereocenters. The van der Waals surface area contributed by atoms with Crippen LogP contribution in [-0.4, -0.2) is 43.9 Å². The molecule has 0 heterocycles. The maximum Gasteiger partial charge on any atom is 0.305 e. The van der Waals surface area contributed by atoms with E-state index in [4.69, 9.17) is 26.7 Å². The van der Waals surface area contributed by atoms with Crippen LogP contribution in [0.25, 0.3) is 0 Å². The number of nitriles is 1. The number of carboxylic acids is 1. The number of carbonyl (C=O) groups is 1. The summed E-state index contributed by atoms with van der Waals surface area (Å²) in [4.78, 5) is 10.9. The van der Waals surface area contributed by atoms with Crippen molar-refractivity contribution in [3.8, 4) is 6.07 Å². The Bertz CT molecular complexity index is 521. The lowest BCUT2D eigenvalue weighted by atomic mass is 10.1. The Morgan fingerprint density at radius 1 is 1.55 bits per heavy atom. The van der Waals surface area contributed by atoms with Crippen LogP contribution >= 0.6 is 24.0 Å². The monoisotopic (exact) mass is 347 g/mol. The molecule has 0 fully saturated rings. The molecule has 0 aliphatic heterocycles. The molecule has 1 aromatic carbocycles. The third kappa shape index (κ3) is 7.48. The van der Waals surface area contributed by atoms with Crippen molar-refractivity contribution < 1.29 is 14.6 Å². The largest absolute Gasteiger partial charge is 0.481 e. The zero-order valence-electron chi connectivity index (χ0n) is 12.1. The Morgan fingerprint density at radius 3 is 2.82 bits per heavy atom. The molecule has 0 saturated carbocycles. The van der Waals surface area contributed by atoms with Gasteiger partial charge in [0.15, 0.2) is 0 Å². The summed E-state index contributed by atoms with van der Waals surface area (Å²) in [6.07, 6.45) is -0.0302. The first-order valence-electron chi connectivity index (χ1n) is 6.44. The second-order valence-corrected chi connectivity index (χ2v) is 4.85. The van der Waals surface area contributed by atoms with Crippen molar-refractivity contribution in [3.63, 3.8) is 0 Å². The molecule has 0 bridgehead atoms. The van der Waals surface area contributed by atoms with E-state index < -0.39 is 5.97 Å². The summed E-state index contributed by atoms with van der Waals surface area (Å²) in [6.45, 7) is 1.68. The number of ether oxygens (including phenoxy) is 1. The van der Waals surface area contributed by atoms with Crippen molar-refractivity contribution in [2.75, 3.05) is 32.1 Å². The van der Waals surface area contributed by atoms with E-state index in [9.17, 15) is 4.79 Å². The van der Waals surface area contributed by atoms with Crippen LogP contribution in [0.15, 0.2) is 18.2 Å². The van der Waals surface area contributed by atoms with E-state index in [1.807, 2.05) is 6.07 Å². The summed E-state index contributed by atoms with van der Waals surface area (Å²) < 4.78 is 4.92. The third-order valence-corrected chi connectivity index (χ3v) is 3.07. The second-order valence-electron chi connectivity index (χ2n) is 4.44. The minimum Gasteiger partial charge on any atom is -0.481 e. The highest BCUT2D eigenvalue weighted by Crippen LogP contribution is 2.21. The molecular formula is C14H19Cl2N3O3. The van der Waals surface area contributed by atoms with Crippen LogP contribution in [0.3, 0.4) is 0 Å². The molecule has 22 heavy (non-hydrogen) atoms.